The van der Waals surface area contributed by atoms with Crippen LogP contribution in [0.1, 0.15) is 52.4 Å². The van der Waals surface area contributed by atoms with E-state index in [1.165, 1.54) is 38.5 Å². The van der Waals surface area contributed by atoms with E-state index in [2.05, 4.69) is 13.8 Å². The van der Waals surface area contributed by atoms with Crippen molar-refractivity contribution in [2.45, 2.75) is 64.6 Å². The van der Waals surface area contributed by atoms with Gasteiger partial charge in [0.25, 0.3) is 0 Å². The fraction of sp³-hybridized carbons (Fsp3) is 1.00. The lowest BCUT2D eigenvalue weighted by Crippen LogP contribution is -2.43. The normalized spacial score (nSPS) is 39.2. The Balaban J connectivity index is 1.25. The van der Waals surface area contributed by atoms with Gasteiger partial charge in [0, 0.05) is 25.0 Å². The molecule has 0 bridgehead atoms. The molecule has 6 atom stereocenters. The molecule has 2 heterocycles. The van der Waals surface area contributed by atoms with Crippen LogP contribution in [0.4, 0.5) is 0 Å². The van der Waals surface area contributed by atoms with Gasteiger partial charge in [-0.05, 0) is 43.9 Å². The lowest BCUT2D eigenvalue weighted by molar-refractivity contribution is -0.153. The molecule has 0 spiro atoms. The van der Waals surface area contributed by atoms with E-state index in [1.54, 1.807) is 0 Å². The maximum Gasteiger partial charge on any atom is 0.0858 e. The minimum absolute atomic E-state index is 0.353. The monoisotopic (exact) mass is 340 g/mol. The SMILES string of the molecule is CCC1COC1COCC1CCCC(COCC2OCC2CC)C1. The summed E-state index contributed by atoms with van der Waals surface area (Å²) in [5, 5.41) is 0. The predicted molar refractivity (Wildman–Crippen MR) is 94.1 cm³/mol. The summed E-state index contributed by atoms with van der Waals surface area (Å²) in [4.78, 5) is 0. The summed E-state index contributed by atoms with van der Waals surface area (Å²) in [7, 11) is 0. The average Bonchev–Trinajstić information content (AvgIpc) is 2.55. The molecule has 0 N–H and O–H groups in total. The van der Waals surface area contributed by atoms with E-state index in [4.69, 9.17) is 18.9 Å². The lowest BCUT2D eigenvalue weighted by Gasteiger charge is -2.37. The molecule has 3 fully saturated rings. The van der Waals surface area contributed by atoms with Gasteiger partial charge in [-0.15, -0.1) is 0 Å². The standard InChI is InChI=1S/C20H36O4/c1-3-17-11-23-19(17)13-21-9-15-6-5-7-16(8-15)10-22-14-20-18(4-2)12-24-20/h15-20H,3-14H2,1-2H3. The molecule has 140 valence electrons. The zero-order chi connectivity index (χ0) is 16.8. The van der Waals surface area contributed by atoms with Crippen LogP contribution >= 0.6 is 0 Å². The number of ether oxygens (including phenoxy) is 4. The van der Waals surface area contributed by atoms with Crippen LogP contribution < -0.4 is 0 Å². The quantitative estimate of drug-likeness (QED) is 0.608. The Morgan fingerprint density at radius 1 is 0.750 bits per heavy atom. The molecule has 24 heavy (non-hydrogen) atoms. The molecule has 0 amide bonds. The summed E-state index contributed by atoms with van der Waals surface area (Å²) in [6, 6.07) is 0. The van der Waals surface area contributed by atoms with Crippen LogP contribution in [0.3, 0.4) is 0 Å². The van der Waals surface area contributed by atoms with E-state index < -0.39 is 0 Å². The van der Waals surface area contributed by atoms with Crippen molar-refractivity contribution in [3.8, 4) is 0 Å². The Hall–Kier alpha value is -0.160. The third-order valence-electron chi connectivity index (χ3n) is 6.31. The van der Waals surface area contributed by atoms with Crippen LogP contribution in [0.15, 0.2) is 0 Å². The van der Waals surface area contributed by atoms with Crippen molar-refractivity contribution < 1.29 is 18.9 Å². The van der Waals surface area contributed by atoms with Gasteiger partial charge < -0.3 is 18.9 Å². The van der Waals surface area contributed by atoms with Crippen LogP contribution in [0.5, 0.6) is 0 Å². The van der Waals surface area contributed by atoms with E-state index in [9.17, 15) is 0 Å². The van der Waals surface area contributed by atoms with Gasteiger partial charge in [0.15, 0.2) is 0 Å². The molecule has 0 aromatic heterocycles. The number of hydrogen-bond acceptors (Lipinski definition) is 4. The van der Waals surface area contributed by atoms with Gasteiger partial charge in [0.2, 0.25) is 0 Å². The average molecular weight is 341 g/mol. The fourth-order valence-corrected chi connectivity index (χ4v) is 4.27. The molecule has 3 aliphatic rings. The van der Waals surface area contributed by atoms with E-state index in [0.29, 0.717) is 24.0 Å². The van der Waals surface area contributed by atoms with E-state index in [0.717, 1.165) is 51.5 Å². The molecule has 0 aromatic carbocycles. The third kappa shape index (κ3) is 4.94. The van der Waals surface area contributed by atoms with Crippen molar-refractivity contribution in [2.75, 3.05) is 39.6 Å². The van der Waals surface area contributed by atoms with Crippen LogP contribution in [-0.2, 0) is 18.9 Å². The number of hydrogen-bond donors (Lipinski definition) is 0. The first kappa shape index (κ1) is 18.6. The summed E-state index contributed by atoms with van der Waals surface area (Å²) in [5.41, 5.74) is 0. The Morgan fingerprint density at radius 2 is 1.25 bits per heavy atom. The highest BCUT2D eigenvalue weighted by Crippen LogP contribution is 2.31. The first-order valence-corrected chi connectivity index (χ1v) is 10.2. The molecule has 3 rings (SSSR count). The molecule has 2 aliphatic heterocycles. The zero-order valence-electron chi connectivity index (χ0n) is 15.6. The van der Waals surface area contributed by atoms with E-state index >= 15 is 0 Å². The van der Waals surface area contributed by atoms with Crippen molar-refractivity contribution in [1.29, 1.82) is 0 Å². The smallest absolute Gasteiger partial charge is 0.0858 e. The summed E-state index contributed by atoms with van der Waals surface area (Å²) in [6.45, 7) is 9.70. The van der Waals surface area contributed by atoms with E-state index in [-0.39, 0.29) is 0 Å². The minimum atomic E-state index is 0.353. The molecular weight excluding hydrogens is 304 g/mol. The zero-order valence-corrected chi connectivity index (χ0v) is 15.6. The Labute approximate surface area is 147 Å². The van der Waals surface area contributed by atoms with Gasteiger partial charge in [0.05, 0.1) is 38.6 Å². The van der Waals surface area contributed by atoms with Crippen molar-refractivity contribution >= 4 is 0 Å². The second kappa shape index (κ2) is 9.51. The molecule has 4 nitrogen and oxygen atoms in total. The fourth-order valence-electron chi connectivity index (χ4n) is 4.27. The van der Waals surface area contributed by atoms with Crippen LogP contribution in [0.25, 0.3) is 0 Å². The molecule has 1 saturated carbocycles. The van der Waals surface area contributed by atoms with Gasteiger partial charge in [-0.3, -0.25) is 0 Å². The van der Waals surface area contributed by atoms with E-state index in [1.807, 2.05) is 0 Å². The van der Waals surface area contributed by atoms with Gasteiger partial charge in [-0.1, -0.05) is 20.3 Å². The first-order valence-electron chi connectivity index (χ1n) is 10.2. The summed E-state index contributed by atoms with van der Waals surface area (Å²) in [6.07, 6.45) is 8.31. The predicted octanol–water partition coefficient (Wildman–Crippen LogP) is 3.68. The Bertz CT molecular complexity index is 326. The van der Waals surface area contributed by atoms with Gasteiger partial charge >= 0.3 is 0 Å². The molecule has 0 aromatic rings. The van der Waals surface area contributed by atoms with Crippen LogP contribution in [-0.4, -0.2) is 51.8 Å². The van der Waals surface area contributed by atoms with Gasteiger partial charge in [-0.2, -0.15) is 0 Å². The molecule has 6 unspecified atom stereocenters. The van der Waals surface area contributed by atoms with Crippen molar-refractivity contribution in [3.63, 3.8) is 0 Å². The Morgan fingerprint density at radius 3 is 1.62 bits per heavy atom. The molecule has 4 heteroatoms. The largest absolute Gasteiger partial charge is 0.378 e. The van der Waals surface area contributed by atoms with Gasteiger partial charge in [-0.25, -0.2) is 0 Å². The van der Waals surface area contributed by atoms with Crippen molar-refractivity contribution in [1.82, 2.24) is 0 Å². The maximum absolute atomic E-state index is 5.97. The third-order valence-corrected chi connectivity index (χ3v) is 6.31. The highest BCUT2D eigenvalue weighted by molar-refractivity contribution is 4.79. The molecule has 1 aliphatic carbocycles. The first-order chi connectivity index (χ1) is 11.8. The second-order valence-electron chi connectivity index (χ2n) is 8.05. The Kier molecular flexibility index (Phi) is 7.38. The molecule has 2 saturated heterocycles. The second-order valence-corrected chi connectivity index (χ2v) is 8.05. The highest BCUT2D eigenvalue weighted by atomic mass is 16.6. The molecule has 0 radical (unpaired) electrons. The summed E-state index contributed by atoms with van der Waals surface area (Å²) >= 11 is 0. The van der Waals surface area contributed by atoms with Crippen molar-refractivity contribution in [2.24, 2.45) is 23.7 Å². The summed E-state index contributed by atoms with van der Waals surface area (Å²) in [5.74, 6) is 2.85. The molecular formula is C20H36O4. The highest BCUT2D eigenvalue weighted by Gasteiger charge is 2.32. The van der Waals surface area contributed by atoms with Crippen LogP contribution in [0.2, 0.25) is 0 Å². The topological polar surface area (TPSA) is 36.9 Å². The lowest BCUT2D eigenvalue weighted by atomic mass is 9.82. The van der Waals surface area contributed by atoms with Crippen LogP contribution in [0, 0.1) is 23.7 Å². The minimum Gasteiger partial charge on any atom is -0.378 e. The number of rotatable bonds is 10. The summed E-state index contributed by atoms with van der Waals surface area (Å²) < 4.78 is 23.1. The van der Waals surface area contributed by atoms with Gasteiger partial charge in [0.1, 0.15) is 0 Å². The van der Waals surface area contributed by atoms with Crippen molar-refractivity contribution in [3.05, 3.63) is 0 Å². The maximum atomic E-state index is 5.97.